The Balaban J connectivity index is 1.19. The molecule has 5 heterocycles. The van der Waals surface area contributed by atoms with Gasteiger partial charge in [0.05, 0.1) is 24.1 Å². The Labute approximate surface area is 230 Å². The molecule has 0 spiro atoms. The maximum atomic E-state index is 13.2. The summed E-state index contributed by atoms with van der Waals surface area (Å²) in [4.78, 5) is 33.9. The number of piperidine rings is 1. The van der Waals surface area contributed by atoms with Crippen LogP contribution in [0.25, 0.3) is 9.75 Å². The van der Waals surface area contributed by atoms with Crippen molar-refractivity contribution in [2.24, 2.45) is 0 Å². The molecule has 0 saturated carbocycles. The van der Waals surface area contributed by atoms with Crippen molar-refractivity contribution in [1.82, 2.24) is 19.4 Å². The molecule has 0 radical (unpaired) electrons. The van der Waals surface area contributed by atoms with Gasteiger partial charge in [-0.1, -0.05) is 11.6 Å². The van der Waals surface area contributed by atoms with Crippen molar-refractivity contribution in [1.29, 1.82) is 0 Å². The van der Waals surface area contributed by atoms with E-state index in [-0.39, 0.29) is 28.6 Å². The molecule has 2 amide bonds. The SMILES string of the molecule is O=C1[C@@H](NS(=O)(=O)c2ccc(-c3ccc(Cl)s3)s2)CCCN1CC(=O)N1CCC[C@H]1CN1CCOCC1. The fraction of sp³-hybridized carbons (Fsp3) is 0.583. The first kappa shape index (κ1) is 27.0. The number of nitrogens with zero attached hydrogens (tertiary/aromatic N) is 3. The molecule has 3 aliphatic heterocycles. The number of ether oxygens (including phenoxy) is 1. The van der Waals surface area contributed by atoms with Crippen LogP contribution < -0.4 is 4.72 Å². The van der Waals surface area contributed by atoms with E-state index >= 15 is 0 Å². The van der Waals surface area contributed by atoms with E-state index in [9.17, 15) is 18.0 Å². The van der Waals surface area contributed by atoms with Crippen LogP contribution >= 0.6 is 34.3 Å². The number of carbonyl (C=O) groups is 2. The van der Waals surface area contributed by atoms with Crippen molar-refractivity contribution in [3.63, 3.8) is 0 Å². The number of thiophene rings is 2. The monoisotopic (exact) mass is 586 g/mol. The van der Waals surface area contributed by atoms with Crippen molar-refractivity contribution in [3.8, 4) is 9.75 Å². The number of carbonyl (C=O) groups excluding carboxylic acids is 2. The van der Waals surface area contributed by atoms with E-state index < -0.39 is 16.1 Å². The van der Waals surface area contributed by atoms with Gasteiger partial charge in [-0.05, 0) is 49.9 Å². The highest BCUT2D eigenvalue weighted by Gasteiger charge is 2.36. The molecular formula is C24H31ClN4O5S3. The third-order valence-electron chi connectivity index (χ3n) is 7.09. The largest absolute Gasteiger partial charge is 0.379 e. The lowest BCUT2D eigenvalue weighted by molar-refractivity contribution is -0.143. The summed E-state index contributed by atoms with van der Waals surface area (Å²) in [5.74, 6) is -0.404. The minimum atomic E-state index is -3.88. The second-order valence-electron chi connectivity index (χ2n) is 9.59. The van der Waals surface area contributed by atoms with E-state index in [0.717, 1.165) is 66.8 Å². The van der Waals surface area contributed by atoms with E-state index in [1.165, 1.54) is 16.2 Å². The fourth-order valence-corrected chi connectivity index (χ4v) is 8.87. The molecule has 37 heavy (non-hydrogen) atoms. The molecule has 0 unspecified atom stereocenters. The Kier molecular flexibility index (Phi) is 8.54. The van der Waals surface area contributed by atoms with Crippen LogP contribution in [0.15, 0.2) is 28.5 Å². The van der Waals surface area contributed by atoms with Gasteiger partial charge in [-0.25, -0.2) is 8.42 Å². The summed E-state index contributed by atoms with van der Waals surface area (Å²) in [5, 5.41) is 0. The Morgan fingerprint density at radius 1 is 1.03 bits per heavy atom. The van der Waals surface area contributed by atoms with Gasteiger partial charge in [0.25, 0.3) is 10.0 Å². The fourth-order valence-electron chi connectivity index (χ4n) is 5.19. The molecule has 3 aliphatic rings. The van der Waals surface area contributed by atoms with Gasteiger partial charge in [0.15, 0.2) is 0 Å². The predicted molar refractivity (Wildman–Crippen MR) is 145 cm³/mol. The number of hydrogen-bond acceptors (Lipinski definition) is 8. The molecule has 3 fully saturated rings. The average Bonchev–Trinajstić information content (AvgIpc) is 3.63. The summed E-state index contributed by atoms with van der Waals surface area (Å²) in [6.45, 7) is 5.14. The molecule has 0 bridgehead atoms. The van der Waals surface area contributed by atoms with Crippen LogP contribution in [0.3, 0.4) is 0 Å². The summed E-state index contributed by atoms with van der Waals surface area (Å²) in [6.07, 6.45) is 2.95. The number of amides is 2. The standard InChI is InChI=1S/C24H31ClN4O5S3/c25-21-7-5-19(35-21)20-6-8-23(36-20)37(32,33)26-18-4-2-9-28(24(18)31)16-22(30)29-10-1-3-17(29)15-27-11-13-34-14-12-27/h5-8,17-18,26H,1-4,9-16H2/t17-,18-/m0/s1. The van der Waals surface area contributed by atoms with Gasteiger partial charge in [0.1, 0.15) is 10.3 Å². The minimum absolute atomic E-state index is 0.0149. The number of likely N-dealkylation sites (tertiary alicyclic amines) is 2. The average molecular weight is 587 g/mol. The highest BCUT2D eigenvalue weighted by atomic mass is 35.5. The lowest BCUT2D eigenvalue weighted by atomic mass is 10.1. The zero-order chi connectivity index (χ0) is 26.0. The van der Waals surface area contributed by atoms with Gasteiger partial charge in [0, 0.05) is 48.5 Å². The molecule has 202 valence electrons. The number of hydrogen-bond donors (Lipinski definition) is 1. The Hall–Kier alpha value is -1.54. The second kappa shape index (κ2) is 11.7. The number of sulfonamides is 1. The van der Waals surface area contributed by atoms with E-state index in [1.54, 1.807) is 18.2 Å². The molecule has 2 aromatic rings. The lowest BCUT2D eigenvalue weighted by Crippen LogP contribution is -2.55. The molecule has 2 atom stereocenters. The zero-order valence-corrected chi connectivity index (χ0v) is 23.6. The van der Waals surface area contributed by atoms with Crippen molar-refractivity contribution in [2.75, 3.05) is 52.5 Å². The van der Waals surface area contributed by atoms with Gasteiger partial charge in [0.2, 0.25) is 11.8 Å². The summed E-state index contributed by atoms with van der Waals surface area (Å²) in [6, 6.07) is 6.19. The highest BCUT2D eigenvalue weighted by Crippen LogP contribution is 2.37. The van der Waals surface area contributed by atoms with Crippen molar-refractivity contribution in [2.45, 2.75) is 42.0 Å². The molecule has 0 aromatic carbocycles. The Morgan fingerprint density at radius 2 is 1.76 bits per heavy atom. The highest BCUT2D eigenvalue weighted by molar-refractivity contribution is 7.91. The van der Waals surface area contributed by atoms with Crippen LogP contribution in [0.2, 0.25) is 4.34 Å². The van der Waals surface area contributed by atoms with Crippen LogP contribution in [0.4, 0.5) is 0 Å². The molecule has 3 saturated heterocycles. The number of halogens is 1. The predicted octanol–water partition coefficient (Wildman–Crippen LogP) is 2.72. The summed E-state index contributed by atoms with van der Waals surface area (Å²) < 4.78 is 35.0. The van der Waals surface area contributed by atoms with E-state index in [0.29, 0.717) is 30.3 Å². The van der Waals surface area contributed by atoms with Crippen molar-refractivity contribution >= 4 is 56.1 Å². The van der Waals surface area contributed by atoms with E-state index in [1.807, 2.05) is 11.0 Å². The van der Waals surface area contributed by atoms with E-state index in [2.05, 4.69) is 9.62 Å². The molecule has 9 nitrogen and oxygen atoms in total. The van der Waals surface area contributed by atoms with Gasteiger partial charge in [-0.15, -0.1) is 22.7 Å². The van der Waals surface area contributed by atoms with Gasteiger partial charge in [-0.3, -0.25) is 14.5 Å². The van der Waals surface area contributed by atoms with Crippen LogP contribution in [0.1, 0.15) is 25.7 Å². The third-order valence-corrected chi connectivity index (χ3v) is 11.6. The van der Waals surface area contributed by atoms with Gasteiger partial charge >= 0.3 is 0 Å². The Bertz CT molecular complexity index is 1230. The van der Waals surface area contributed by atoms with Crippen LogP contribution in [-0.2, 0) is 24.3 Å². The quantitative estimate of drug-likeness (QED) is 0.511. The first-order chi connectivity index (χ1) is 17.8. The van der Waals surface area contributed by atoms with E-state index in [4.69, 9.17) is 16.3 Å². The lowest BCUT2D eigenvalue weighted by Gasteiger charge is -2.35. The maximum absolute atomic E-state index is 13.2. The van der Waals surface area contributed by atoms with Crippen molar-refractivity contribution < 1.29 is 22.7 Å². The number of morpholine rings is 1. The zero-order valence-electron chi connectivity index (χ0n) is 20.4. The second-order valence-corrected chi connectivity index (χ2v) is 14.3. The Morgan fingerprint density at radius 3 is 2.51 bits per heavy atom. The number of nitrogens with one attached hydrogen (secondary N) is 1. The third kappa shape index (κ3) is 6.38. The summed E-state index contributed by atoms with van der Waals surface area (Å²) in [5.41, 5.74) is 0. The molecular weight excluding hydrogens is 556 g/mol. The molecule has 13 heteroatoms. The topological polar surface area (TPSA) is 99.3 Å². The minimum Gasteiger partial charge on any atom is -0.379 e. The smallest absolute Gasteiger partial charge is 0.250 e. The normalized spacial score (nSPS) is 23.6. The first-order valence-corrected chi connectivity index (χ1v) is 16.1. The molecule has 2 aromatic heterocycles. The summed E-state index contributed by atoms with van der Waals surface area (Å²) in [7, 11) is -3.88. The van der Waals surface area contributed by atoms with Crippen LogP contribution in [0.5, 0.6) is 0 Å². The molecule has 1 N–H and O–H groups in total. The van der Waals surface area contributed by atoms with Crippen LogP contribution in [0, 0.1) is 0 Å². The van der Waals surface area contributed by atoms with Gasteiger partial charge in [-0.2, -0.15) is 4.72 Å². The first-order valence-electron chi connectivity index (χ1n) is 12.6. The number of rotatable bonds is 8. The molecule has 5 rings (SSSR count). The van der Waals surface area contributed by atoms with Gasteiger partial charge < -0.3 is 14.5 Å². The van der Waals surface area contributed by atoms with Crippen molar-refractivity contribution in [3.05, 3.63) is 28.6 Å². The summed E-state index contributed by atoms with van der Waals surface area (Å²) >= 11 is 8.54. The van der Waals surface area contributed by atoms with Crippen LogP contribution in [-0.4, -0.2) is 99.5 Å². The molecule has 0 aliphatic carbocycles. The maximum Gasteiger partial charge on any atom is 0.250 e.